The van der Waals surface area contributed by atoms with Gasteiger partial charge in [-0.05, 0) is 19.8 Å². The Labute approximate surface area is 122 Å². The van der Waals surface area contributed by atoms with Gasteiger partial charge in [0.1, 0.15) is 12.6 Å². The van der Waals surface area contributed by atoms with Gasteiger partial charge in [0.15, 0.2) is 5.82 Å². The van der Waals surface area contributed by atoms with E-state index in [1.807, 2.05) is 0 Å². The summed E-state index contributed by atoms with van der Waals surface area (Å²) in [5.41, 5.74) is 0. The molecule has 2 heterocycles. The molecule has 0 spiro atoms. The molecule has 0 radical (unpaired) electrons. The van der Waals surface area contributed by atoms with Gasteiger partial charge in [-0.1, -0.05) is 0 Å². The van der Waals surface area contributed by atoms with Crippen molar-refractivity contribution < 1.29 is 24.2 Å². The monoisotopic (exact) mass is 297 g/mol. The van der Waals surface area contributed by atoms with Crippen LogP contribution in [0.3, 0.4) is 0 Å². The van der Waals surface area contributed by atoms with Crippen LogP contribution in [0, 0.1) is 0 Å². The van der Waals surface area contributed by atoms with E-state index in [0.29, 0.717) is 12.4 Å². The lowest BCUT2D eigenvalue weighted by molar-refractivity contribution is -0.137. The molecule has 0 bridgehead atoms. The topological polar surface area (TPSA) is 103 Å². The van der Waals surface area contributed by atoms with E-state index in [2.05, 4.69) is 10.4 Å². The molecule has 0 saturated carbocycles. The molecule has 2 atom stereocenters. The molecule has 2 unspecified atom stereocenters. The Morgan fingerprint density at radius 1 is 1.67 bits per heavy atom. The first-order chi connectivity index (χ1) is 10.0. The van der Waals surface area contributed by atoms with Crippen molar-refractivity contribution in [3.05, 3.63) is 12.3 Å². The van der Waals surface area contributed by atoms with E-state index in [0.717, 1.165) is 19.4 Å². The van der Waals surface area contributed by atoms with Crippen molar-refractivity contribution in [3.63, 3.8) is 0 Å². The number of rotatable bonds is 7. The Hall–Kier alpha value is -1.93. The van der Waals surface area contributed by atoms with Gasteiger partial charge in [-0.2, -0.15) is 5.10 Å². The van der Waals surface area contributed by atoms with E-state index in [9.17, 15) is 9.59 Å². The zero-order chi connectivity index (χ0) is 15.2. The second kappa shape index (κ2) is 7.19. The molecule has 8 nitrogen and oxygen atoms in total. The van der Waals surface area contributed by atoms with Crippen molar-refractivity contribution in [1.82, 2.24) is 9.78 Å². The third-order valence-corrected chi connectivity index (χ3v) is 3.11. The fraction of sp³-hybridized carbons (Fsp3) is 0.615. The highest BCUT2D eigenvalue weighted by molar-refractivity contribution is 5.93. The third-order valence-electron chi connectivity index (χ3n) is 3.11. The summed E-state index contributed by atoms with van der Waals surface area (Å²) >= 11 is 0. The minimum atomic E-state index is -0.996. The van der Waals surface area contributed by atoms with Crippen LogP contribution in [-0.4, -0.2) is 52.2 Å². The highest BCUT2D eigenvalue weighted by atomic mass is 16.5. The normalized spacial score (nSPS) is 19.4. The highest BCUT2D eigenvalue weighted by Gasteiger charge is 2.20. The van der Waals surface area contributed by atoms with Crippen LogP contribution in [0.2, 0.25) is 0 Å². The smallest absolute Gasteiger partial charge is 0.325 e. The zero-order valence-electron chi connectivity index (χ0n) is 11.8. The summed E-state index contributed by atoms with van der Waals surface area (Å²) in [5, 5.41) is 15.2. The maximum atomic E-state index is 11.9. The third kappa shape index (κ3) is 4.83. The number of aliphatic carboxylic acids is 1. The number of carboxylic acids is 1. The standard InChI is InChI=1S/C13H19N3O5/c1-9(21-8-10-3-2-6-20-10)13(19)14-11-4-5-16(15-11)7-12(17)18/h4-5,9-10H,2-3,6-8H2,1H3,(H,17,18)(H,14,15,19). The zero-order valence-corrected chi connectivity index (χ0v) is 11.8. The quantitative estimate of drug-likeness (QED) is 0.759. The van der Waals surface area contributed by atoms with Crippen molar-refractivity contribution >= 4 is 17.7 Å². The summed E-state index contributed by atoms with van der Waals surface area (Å²) in [6.07, 6.45) is 2.90. The number of nitrogens with zero attached hydrogens (tertiary/aromatic N) is 2. The van der Waals surface area contributed by atoms with Crippen LogP contribution < -0.4 is 5.32 Å². The summed E-state index contributed by atoms with van der Waals surface area (Å²) < 4.78 is 12.1. The Bertz CT molecular complexity index is 496. The summed E-state index contributed by atoms with van der Waals surface area (Å²) in [7, 11) is 0. The summed E-state index contributed by atoms with van der Waals surface area (Å²) in [6.45, 7) is 2.54. The molecule has 1 aliphatic rings. The van der Waals surface area contributed by atoms with Gasteiger partial charge in [0.2, 0.25) is 0 Å². The highest BCUT2D eigenvalue weighted by Crippen LogP contribution is 2.13. The molecule has 0 aromatic carbocycles. The van der Waals surface area contributed by atoms with Crippen LogP contribution in [0.15, 0.2) is 12.3 Å². The minimum Gasteiger partial charge on any atom is -0.480 e. The molecular formula is C13H19N3O5. The second-order valence-electron chi connectivity index (χ2n) is 4.89. The summed E-state index contributed by atoms with van der Waals surface area (Å²) in [6, 6.07) is 1.54. The predicted molar refractivity (Wildman–Crippen MR) is 72.9 cm³/mol. The number of hydrogen-bond acceptors (Lipinski definition) is 5. The van der Waals surface area contributed by atoms with Crippen molar-refractivity contribution in [3.8, 4) is 0 Å². The van der Waals surface area contributed by atoms with E-state index < -0.39 is 12.1 Å². The van der Waals surface area contributed by atoms with E-state index in [1.54, 1.807) is 6.92 Å². The summed E-state index contributed by atoms with van der Waals surface area (Å²) in [4.78, 5) is 22.4. The van der Waals surface area contributed by atoms with Crippen molar-refractivity contribution in [2.45, 2.75) is 38.5 Å². The summed E-state index contributed by atoms with van der Waals surface area (Å²) in [5.74, 6) is -1.02. The van der Waals surface area contributed by atoms with E-state index >= 15 is 0 Å². The SMILES string of the molecule is CC(OCC1CCCO1)C(=O)Nc1ccn(CC(=O)O)n1. The van der Waals surface area contributed by atoms with Crippen molar-refractivity contribution in [2.75, 3.05) is 18.5 Å². The van der Waals surface area contributed by atoms with Gasteiger partial charge in [0.05, 0.1) is 12.7 Å². The maximum Gasteiger partial charge on any atom is 0.325 e. The minimum absolute atomic E-state index is 0.0648. The number of ether oxygens (including phenoxy) is 2. The largest absolute Gasteiger partial charge is 0.480 e. The molecule has 1 aliphatic heterocycles. The maximum absolute atomic E-state index is 11.9. The molecule has 116 valence electrons. The van der Waals surface area contributed by atoms with Crippen LogP contribution in [0.5, 0.6) is 0 Å². The average Bonchev–Trinajstić information content (AvgIpc) is 3.07. The molecule has 21 heavy (non-hydrogen) atoms. The van der Waals surface area contributed by atoms with Gasteiger partial charge < -0.3 is 19.9 Å². The van der Waals surface area contributed by atoms with Crippen molar-refractivity contribution in [2.24, 2.45) is 0 Å². The van der Waals surface area contributed by atoms with Crippen LogP contribution in [-0.2, 0) is 25.6 Å². The average molecular weight is 297 g/mol. The van der Waals surface area contributed by atoms with Crippen LogP contribution in [0.25, 0.3) is 0 Å². The first kappa shape index (κ1) is 15.5. The van der Waals surface area contributed by atoms with E-state index in [4.69, 9.17) is 14.6 Å². The van der Waals surface area contributed by atoms with Crippen LogP contribution in [0.4, 0.5) is 5.82 Å². The number of anilines is 1. The number of hydrogen-bond donors (Lipinski definition) is 2. The van der Waals surface area contributed by atoms with Gasteiger partial charge in [-0.25, -0.2) is 0 Å². The Kier molecular flexibility index (Phi) is 5.29. The molecular weight excluding hydrogens is 278 g/mol. The van der Waals surface area contributed by atoms with E-state index in [1.165, 1.54) is 16.9 Å². The number of carbonyl (C=O) groups excluding carboxylic acids is 1. The number of nitrogens with one attached hydrogen (secondary N) is 1. The molecule has 1 fully saturated rings. The molecule has 1 aromatic rings. The lowest BCUT2D eigenvalue weighted by Gasteiger charge is -2.15. The molecule has 1 amide bonds. The predicted octanol–water partition coefficient (Wildman–Crippen LogP) is 0.490. The lowest BCUT2D eigenvalue weighted by atomic mass is 10.2. The molecule has 2 N–H and O–H groups in total. The van der Waals surface area contributed by atoms with Crippen LogP contribution in [0.1, 0.15) is 19.8 Å². The Balaban J connectivity index is 1.76. The lowest BCUT2D eigenvalue weighted by Crippen LogP contribution is -2.30. The molecule has 2 rings (SSSR count). The first-order valence-corrected chi connectivity index (χ1v) is 6.84. The van der Waals surface area contributed by atoms with Crippen molar-refractivity contribution in [1.29, 1.82) is 0 Å². The van der Waals surface area contributed by atoms with E-state index in [-0.39, 0.29) is 18.6 Å². The second-order valence-corrected chi connectivity index (χ2v) is 4.89. The van der Waals surface area contributed by atoms with Gasteiger partial charge in [0, 0.05) is 18.9 Å². The van der Waals surface area contributed by atoms with Gasteiger partial charge in [-0.15, -0.1) is 0 Å². The Morgan fingerprint density at radius 2 is 2.48 bits per heavy atom. The molecule has 8 heteroatoms. The number of carboxylic acid groups (broad SMARTS) is 1. The fourth-order valence-corrected chi connectivity index (χ4v) is 1.99. The number of carbonyl (C=O) groups is 2. The first-order valence-electron chi connectivity index (χ1n) is 6.84. The molecule has 1 saturated heterocycles. The molecule has 1 aromatic heterocycles. The number of amides is 1. The Morgan fingerprint density at radius 3 is 3.14 bits per heavy atom. The van der Waals surface area contributed by atoms with Gasteiger partial charge >= 0.3 is 5.97 Å². The van der Waals surface area contributed by atoms with Gasteiger partial charge in [0.25, 0.3) is 5.91 Å². The molecule has 0 aliphatic carbocycles. The van der Waals surface area contributed by atoms with Gasteiger partial charge in [-0.3, -0.25) is 14.3 Å². The number of aromatic nitrogens is 2. The van der Waals surface area contributed by atoms with Crippen LogP contribution >= 0.6 is 0 Å². The fourth-order valence-electron chi connectivity index (χ4n) is 1.99.